The van der Waals surface area contributed by atoms with Crippen LogP contribution in [0.15, 0.2) is 24.3 Å². The van der Waals surface area contributed by atoms with Crippen LogP contribution in [0.25, 0.3) is 0 Å². The maximum atomic E-state index is 12.1. The zero-order valence-electron chi connectivity index (χ0n) is 11.6. The Labute approximate surface area is 124 Å². The monoisotopic (exact) mass is 294 g/mol. The van der Waals surface area contributed by atoms with Gasteiger partial charge in [-0.25, -0.2) is 4.79 Å². The first kappa shape index (κ1) is 13.7. The third kappa shape index (κ3) is 2.50. The lowest BCUT2D eigenvalue weighted by atomic mass is 9.88. The van der Waals surface area contributed by atoms with E-state index in [1.54, 1.807) is 4.90 Å². The van der Waals surface area contributed by atoms with Gasteiger partial charge >= 0.3 is 6.09 Å². The van der Waals surface area contributed by atoms with Gasteiger partial charge in [-0.05, 0) is 31.5 Å². The van der Waals surface area contributed by atoms with Gasteiger partial charge in [-0.1, -0.05) is 29.8 Å². The first-order chi connectivity index (χ1) is 9.58. The number of nitrogens with one attached hydrogen (secondary N) is 1. The van der Waals surface area contributed by atoms with Gasteiger partial charge in [0.1, 0.15) is 5.60 Å². The normalized spacial score (nSPS) is 29.8. The second-order valence-electron chi connectivity index (χ2n) is 5.82. The Morgan fingerprint density at radius 2 is 2.30 bits per heavy atom. The summed E-state index contributed by atoms with van der Waals surface area (Å²) in [6, 6.07) is 7.62. The molecule has 2 unspecified atom stereocenters. The van der Waals surface area contributed by atoms with E-state index in [1.807, 2.05) is 31.2 Å². The number of halogens is 1. The molecule has 0 spiro atoms. The third-order valence-corrected chi connectivity index (χ3v) is 4.70. The van der Waals surface area contributed by atoms with Gasteiger partial charge < -0.3 is 10.1 Å². The van der Waals surface area contributed by atoms with Crippen molar-refractivity contribution in [2.45, 2.75) is 25.5 Å². The highest BCUT2D eigenvalue weighted by Gasteiger charge is 2.47. The lowest BCUT2D eigenvalue weighted by Gasteiger charge is -2.28. The van der Waals surface area contributed by atoms with E-state index in [0.717, 1.165) is 25.1 Å². The van der Waals surface area contributed by atoms with Gasteiger partial charge in [0.05, 0.1) is 13.1 Å². The SMILES string of the molecule is CC1(C2CCNC2)CN(Cc2ccccc2Cl)C(=O)O1. The predicted octanol–water partition coefficient (Wildman–Crippen LogP) is 2.66. The minimum atomic E-state index is -0.387. The van der Waals surface area contributed by atoms with Crippen molar-refractivity contribution in [1.82, 2.24) is 10.2 Å². The molecule has 2 aliphatic heterocycles. The van der Waals surface area contributed by atoms with E-state index in [0.29, 0.717) is 24.0 Å². The van der Waals surface area contributed by atoms with E-state index in [-0.39, 0.29) is 11.7 Å². The summed E-state index contributed by atoms with van der Waals surface area (Å²) < 4.78 is 5.66. The molecule has 2 aliphatic rings. The summed E-state index contributed by atoms with van der Waals surface area (Å²) in [4.78, 5) is 13.9. The highest BCUT2D eigenvalue weighted by molar-refractivity contribution is 6.31. The zero-order chi connectivity index (χ0) is 14.2. The van der Waals surface area contributed by atoms with Crippen molar-refractivity contribution in [1.29, 1.82) is 0 Å². The molecule has 2 saturated heterocycles. The number of amides is 1. The summed E-state index contributed by atoms with van der Waals surface area (Å²) in [5.41, 5.74) is 0.571. The second kappa shape index (κ2) is 5.26. The first-order valence-corrected chi connectivity index (χ1v) is 7.38. The minimum absolute atomic E-state index is 0.237. The Hall–Kier alpha value is -1.26. The van der Waals surface area contributed by atoms with Gasteiger partial charge in [0, 0.05) is 17.5 Å². The molecule has 2 atom stereocenters. The lowest BCUT2D eigenvalue weighted by molar-refractivity contribution is 0.0287. The van der Waals surface area contributed by atoms with Crippen molar-refractivity contribution >= 4 is 17.7 Å². The molecule has 1 N–H and O–H groups in total. The number of rotatable bonds is 3. The van der Waals surface area contributed by atoms with Crippen molar-refractivity contribution in [3.63, 3.8) is 0 Å². The van der Waals surface area contributed by atoms with Crippen molar-refractivity contribution in [3.8, 4) is 0 Å². The van der Waals surface area contributed by atoms with Crippen LogP contribution >= 0.6 is 11.6 Å². The summed E-state index contributed by atoms with van der Waals surface area (Å²) in [6.07, 6.45) is 0.822. The molecule has 3 rings (SSSR count). The highest BCUT2D eigenvalue weighted by Crippen LogP contribution is 2.34. The van der Waals surface area contributed by atoms with E-state index in [1.165, 1.54) is 0 Å². The van der Waals surface area contributed by atoms with Crippen LogP contribution in [0.4, 0.5) is 4.79 Å². The molecule has 1 aromatic rings. The fraction of sp³-hybridized carbons (Fsp3) is 0.533. The molecule has 20 heavy (non-hydrogen) atoms. The number of hydrogen-bond acceptors (Lipinski definition) is 3. The fourth-order valence-corrected chi connectivity index (χ4v) is 3.28. The molecule has 108 valence electrons. The molecule has 1 aromatic carbocycles. The molecule has 0 saturated carbocycles. The number of carbonyl (C=O) groups excluding carboxylic acids is 1. The van der Waals surface area contributed by atoms with Gasteiger partial charge in [0.25, 0.3) is 0 Å². The summed E-state index contributed by atoms with van der Waals surface area (Å²) in [5.74, 6) is 0.391. The van der Waals surface area contributed by atoms with Gasteiger partial charge in [0.2, 0.25) is 0 Å². The predicted molar refractivity (Wildman–Crippen MR) is 77.7 cm³/mol. The van der Waals surface area contributed by atoms with Crippen LogP contribution in [0.5, 0.6) is 0 Å². The Morgan fingerprint density at radius 1 is 1.50 bits per heavy atom. The van der Waals surface area contributed by atoms with Crippen LogP contribution in [-0.2, 0) is 11.3 Å². The summed E-state index contributed by atoms with van der Waals surface area (Å²) in [5, 5.41) is 4.02. The lowest BCUT2D eigenvalue weighted by Crippen LogP contribution is -2.40. The standard InChI is InChI=1S/C15H19ClN2O2/c1-15(12-6-7-17-8-12)10-18(14(19)20-15)9-11-4-2-3-5-13(11)16/h2-5,12,17H,6-10H2,1H3. The van der Waals surface area contributed by atoms with Gasteiger partial charge in [-0.2, -0.15) is 0 Å². The number of benzene rings is 1. The van der Waals surface area contributed by atoms with Crippen LogP contribution in [0.3, 0.4) is 0 Å². The van der Waals surface area contributed by atoms with Gasteiger partial charge in [-0.3, -0.25) is 4.90 Å². The molecule has 0 radical (unpaired) electrons. The zero-order valence-corrected chi connectivity index (χ0v) is 12.3. The first-order valence-electron chi connectivity index (χ1n) is 7.00. The molecule has 2 heterocycles. The molecule has 0 bridgehead atoms. The highest BCUT2D eigenvalue weighted by atomic mass is 35.5. The summed E-state index contributed by atoms with van der Waals surface area (Å²) in [7, 11) is 0. The van der Waals surface area contributed by atoms with Gasteiger partial charge in [0.15, 0.2) is 0 Å². The summed E-state index contributed by atoms with van der Waals surface area (Å²) >= 11 is 6.16. The number of carbonyl (C=O) groups is 1. The quantitative estimate of drug-likeness (QED) is 0.932. The number of ether oxygens (including phenoxy) is 1. The molecule has 2 fully saturated rings. The third-order valence-electron chi connectivity index (χ3n) is 4.33. The van der Waals surface area contributed by atoms with Crippen molar-refractivity contribution in [2.24, 2.45) is 5.92 Å². The second-order valence-corrected chi connectivity index (χ2v) is 6.23. The largest absolute Gasteiger partial charge is 0.441 e. The molecule has 4 nitrogen and oxygen atoms in total. The maximum Gasteiger partial charge on any atom is 0.410 e. The molecular formula is C15H19ClN2O2. The Bertz CT molecular complexity index is 516. The molecule has 0 aliphatic carbocycles. The number of cyclic esters (lactones) is 1. The average molecular weight is 295 g/mol. The van der Waals surface area contributed by atoms with E-state index in [9.17, 15) is 4.79 Å². The Morgan fingerprint density at radius 3 is 3.00 bits per heavy atom. The molecule has 0 aromatic heterocycles. The van der Waals surface area contributed by atoms with Crippen LogP contribution in [-0.4, -0.2) is 36.2 Å². The topological polar surface area (TPSA) is 41.6 Å². The Balaban J connectivity index is 1.72. The van der Waals surface area contributed by atoms with Crippen molar-refractivity contribution in [2.75, 3.05) is 19.6 Å². The molecule has 5 heteroatoms. The maximum absolute atomic E-state index is 12.1. The van der Waals surface area contributed by atoms with E-state index >= 15 is 0 Å². The minimum Gasteiger partial charge on any atom is -0.441 e. The van der Waals surface area contributed by atoms with Crippen molar-refractivity contribution in [3.05, 3.63) is 34.9 Å². The van der Waals surface area contributed by atoms with Crippen LogP contribution < -0.4 is 5.32 Å². The fourth-order valence-electron chi connectivity index (χ4n) is 3.08. The van der Waals surface area contributed by atoms with Crippen LogP contribution in [0.1, 0.15) is 18.9 Å². The van der Waals surface area contributed by atoms with Crippen molar-refractivity contribution < 1.29 is 9.53 Å². The van der Waals surface area contributed by atoms with E-state index in [4.69, 9.17) is 16.3 Å². The number of hydrogen-bond donors (Lipinski definition) is 1. The van der Waals surface area contributed by atoms with Crippen LogP contribution in [0.2, 0.25) is 5.02 Å². The molecule has 1 amide bonds. The summed E-state index contributed by atoms with van der Waals surface area (Å²) in [6.45, 7) is 5.10. The van der Waals surface area contributed by atoms with E-state index in [2.05, 4.69) is 5.32 Å². The van der Waals surface area contributed by atoms with Crippen LogP contribution in [0, 0.1) is 5.92 Å². The number of nitrogens with zero attached hydrogens (tertiary/aromatic N) is 1. The molecular weight excluding hydrogens is 276 g/mol. The Kier molecular flexibility index (Phi) is 3.61. The average Bonchev–Trinajstić information content (AvgIpc) is 3.02. The van der Waals surface area contributed by atoms with E-state index < -0.39 is 0 Å². The smallest absolute Gasteiger partial charge is 0.410 e. The van der Waals surface area contributed by atoms with Gasteiger partial charge in [-0.15, -0.1) is 0 Å².